The molecule has 0 radical (unpaired) electrons. The van der Waals surface area contributed by atoms with Crippen LogP contribution in [0.3, 0.4) is 0 Å². The Balaban J connectivity index is 1.18. The molecule has 0 fully saturated rings. The Morgan fingerprint density at radius 1 is 0.850 bits per heavy atom. The number of carbonyl (C=O) groups is 1. The Labute approximate surface area is 237 Å². The molecule has 0 bridgehead atoms. The smallest absolute Gasteiger partial charge is 0.257 e. The number of rotatable bonds is 10. The molecule has 4 aromatic carbocycles. The topological polar surface area (TPSA) is 76.7 Å². The van der Waals surface area contributed by atoms with Gasteiger partial charge in [0.25, 0.3) is 5.91 Å². The highest BCUT2D eigenvalue weighted by Gasteiger charge is 2.15. The molecule has 0 saturated heterocycles. The second-order valence-electron chi connectivity index (χ2n) is 9.76. The van der Waals surface area contributed by atoms with E-state index in [0.717, 1.165) is 35.6 Å². The van der Waals surface area contributed by atoms with E-state index in [2.05, 4.69) is 23.6 Å². The number of nitrogens with one attached hydrogen (secondary N) is 2. The van der Waals surface area contributed by atoms with Crippen LogP contribution in [0.1, 0.15) is 28.4 Å². The summed E-state index contributed by atoms with van der Waals surface area (Å²) in [5, 5.41) is 7.82. The first-order valence-electron chi connectivity index (χ1n) is 13.3. The van der Waals surface area contributed by atoms with Crippen molar-refractivity contribution in [3.05, 3.63) is 112 Å². The van der Waals surface area contributed by atoms with Crippen molar-refractivity contribution in [1.29, 1.82) is 0 Å². The minimum absolute atomic E-state index is 0.0463. The summed E-state index contributed by atoms with van der Waals surface area (Å²) in [5.41, 5.74) is 3.54. The van der Waals surface area contributed by atoms with Crippen molar-refractivity contribution < 1.29 is 14.3 Å². The summed E-state index contributed by atoms with van der Waals surface area (Å²) in [6.07, 6.45) is 1.75. The van der Waals surface area contributed by atoms with Crippen molar-refractivity contribution >= 4 is 43.1 Å². The molecule has 1 heterocycles. The Morgan fingerprint density at radius 2 is 1.57 bits per heavy atom. The van der Waals surface area contributed by atoms with Crippen LogP contribution in [0.2, 0.25) is 0 Å². The number of fused-ring (bicyclic) bond motifs is 2. The lowest BCUT2D eigenvalue weighted by Crippen LogP contribution is -2.30. The van der Waals surface area contributed by atoms with E-state index in [9.17, 15) is 9.59 Å². The Kier molecular flexibility index (Phi) is 8.43. The van der Waals surface area contributed by atoms with E-state index < -0.39 is 0 Å². The molecular formula is C33H32N2O4S. The van der Waals surface area contributed by atoms with E-state index in [1.165, 1.54) is 22.5 Å². The summed E-state index contributed by atoms with van der Waals surface area (Å²) in [5.74, 6) is 1.24. The number of hydrogen-bond donors (Lipinski definition) is 2. The molecule has 1 atom stereocenters. The first-order chi connectivity index (χ1) is 19.5. The summed E-state index contributed by atoms with van der Waals surface area (Å²) in [6, 6.07) is 27.1. The zero-order chi connectivity index (χ0) is 28.1. The van der Waals surface area contributed by atoms with Gasteiger partial charge >= 0.3 is 0 Å². The van der Waals surface area contributed by atoms with Gasteiger partial charge in [0.2, 0.25) is 0 Å². The predicted octanol–water partition coefficient (Wildman–Crippen LogP) is 6.45. The first kappa shape index (κ1) is 27.4. The zero-order valence-corrected chi connectivity index (χ0v) is 23.6. The van der Waals surface area contributed by atoms with Crippen LogP contribution in [0, 0.1) is 0 Å². The zero-order valence-electron chi connectivity index (χ0n) is 22.8. The molecule has 0 aliphatic heterocycles. The second-order valence-corrected chi connectivity index (χ2v) is 10.8. The van der Waals surface area contributed by atoms with Gasteiger partial charge in [-0.05, 0) is 86.0 Å². The van der Waals surface area contributed by atoms with Crippen molar-refractivity contribution in [2.75, 3.05) is 26.1 Å². The van der Waals surface area contributed by atoms with Crippen LogP contribution in [0.15, 0.2) is 89.7 Å². The summed E-state index contributed by atoms with van der Waals surface area (Å²) in [4.78, 5) is 26.2. The Hall–Kier alpha value is -4.20. The number of amides is 1. The molecule has 1 unspecified atom stereocenters. The molecule has 40 heavy (non-hydrogen) atoms. The van der Waals surface area contributed by atoms with E-state index in [4.69, 9.17) is 9.47 Å². The molecule has 5 aromatic rings. The molecule has 2 N–H and O–H groups in total. The normalized spacial score (nSPS) is 11.9. The van der Waals surface area contributed by atoms with Gasteiger partial charge in [-0.1, -0.05) is 36.4 Å². The maximum Gasteiger partial charge on any atom is 0.257 e. The summed E-state index contributed by atoms with van der Waals surface area (Å²) in [6.45, 7) is 3.01. The SMILES string of the molecule is COc1ccc(CC(C)NCCc2ccc(NC(=O)c3cccc4c(=O)c5ccccc5sc34)cc2)cc1OC. The van der Waals surface area contributed by atoms with Crippen molar-refractivity contribution in [3.8, 4) is 11.5 Å². The number of ether oxygens (including phenoxy) is 2. The third kappa shape index (κ3) is 6.01. The van der Waals surface area contributed by atoms with Gasteiger partial charge in [-0.25, -0.2) is 0 Å². The fourth-order valence-electron chi connectivity index (χ4n) is 4.85. The van der Waals surface area contributed by atoms with Gasteiger partial charge in [0, 0.05) is 27.2 Å². The van der Waals surface area contributed by atoms with Crippen molar-refractivity contribution in [2.45, 2.75) is 25.8 Å². The molecule has 5 rings (SSSR count). The van der Waals surface area contributed by atoms with Gasteiger partial charge in [-0.2, -0.15) is 0 Å². The molecule has 1 amide bonds. The van der Waals surface area contributed by atoms with Crippen LogP contribution in [0.5, 0.6) is 11.5 Å². The highest BCUT2D eigenvalue weighted by molar-refractivity contribution is 7.24. The lowest BCUT2D eigenvalue weighted by Gasteiger charge is -2.15. The van der Waals surface area contributed by atoms with Gasteiger partial charge in [0.05, 0.1) is 24.5 Å². The summed E-state index contributed by atoms with van der Waals surface area (Å²) >= 11 is 1.47. The maximum atomic E-state index is 13.2. The minimum Gasteiger partial charge on any atom is -0.493 e. The van der Waals surface area contributed by atoms with Crippen LogP contribution in [0.25, 0.3) is 20.2 Å². The Morgan fingerprint density at radius 3 is 2.35 bits per heavy atom. The molecule has 7 heteroatoms. The minimum atomic E-state index is -0.227. The summed E-state index contributed by atoms with van der Waals surface area (Å²) < 4.78 is 12.3. The highest BCUT2D eigenvalue weighted by Crippen LogP contribution is 2.29. The second kappa shape index (κ2) is 12.3. The van der Waals surface area contributed by atoms with Crippen LogP contribution in [-0.4, -0.2) is 32.7 Å². The standard InChI is InChI=1S/C33H32N2O4S/c1-21(19-23-13-16-28(38-2)29(20-23)39-3)34-18-17-22-11-14-24(15-12-22)35-33(37)27-9-6-8-26-31(36)25-7-4-5-10-30(25)40-32(26)27/h4-16,20-21,34H,17-19H2,1-3H3,(H,35,37). The molecule has 0 saturated carbocycles. The molecule has 204 valence electrons. The third-order valence-corrected chi connectivity index (χ3v) is 8.18. The number of hydrogen-bond acceptors (Lipinski definition) is 6. The van der Waals surface area contributed by atoms with Crippen molar-refractivity contribution in [2.24, 2.45) is 0 Å². The number of carbonyl (C=O) groups excluding carboxylic acids is 1. The fraction of sp³-hybridized carbons (Fsp3) is 0.212. The molecule has 6 nitrogen and oxygen atoms in total. The monoisotopic (exact) mass is 552 g/mol. The summed E-state index contributed by atoms with van der Waals surface area (Å²) in [7, 11) is 3.29. The van der Waals surface area contributed by atoms with E-state index >= 15 is 0 Å². The van der Waals surface area contributed by atoms with E-state index in [1.807, 2.05) is 60.7 Å². The molecular weight excluding hydrogens is 520 g/mol. The van der Waals surface area contributed by atoms with Gasteiger partial charge < -0.3 is 20.1 Å². The van der Waals surface area contributed by atoms with Gasteiger partial charge in [0.15, 0.2) is 16.9 Å². The predicted molar refractivity (Wildman–Crippen MR) is 164 cm³/mol. The van der Waals surface area contributed by atoms with Crippen LogP contribution in [0.4, 0.5) is 5.69 Å². The van der Waals surface area contributed by atoms with E-state index in [-0.39, 0.29) is 11.3 Å². The number of anilines is 1. The Bertz CT molecular complexity index is 1710. The average Bonchev–Trinajstić information content (AvgIpc) is 2.98. The fourth-order valence-corrected chi connectivity index (χ4v) is 6.03. The molecule has 0 spiro atoms. The van der Waals surface area contributed by atoms with Crippen LogP contribution in [-0.2, 0) is 12.8 Å². The van der Waals surface area contributed by atoms with Gasteiger partial charge in [-0.15, -0.1) is 11.3 Å². The highest BCUT2D eigenvalue weighted by atomic mass is 32.1. The van der Waals surface area contributed by atoms with Gasteiger partial charge in [0.1, 0.15) is 0 Å². The van der Waals surface area contributed by atoms with E-state index in [0.29, 0.717) is 32.8 Å². The van der Waals surface area contributed by atoms with Crippen LogP contribution >= 0.6 is 11.3 Å². The van der Waals surface area contributed by atoms with Gasteiger partial charge in [-0.3, -0.25) is 9.59 Å². The van der Waals surface area contributed by atoms with Crippen molar-refractivity contribution in [3.63, 3.8) is 0 Å². The maximum absolute atomic E-state index is 13.2. The molecule has 0 aliphatic rings. The number of methoxy groups -OCH3 is 2. The molecule has 1 aromatic heterocycles. The lowest BCUT2D eigenvalue weighted by molar-refractivity contribution is 0.102. The number of benzene rings is 4. The molecule has 0 aliphatic carbocycles. The first-order valence-corrected chi connectivity index (χ1v) is 14.1. The van der Waals surface area contributed by atoms with E-state index in [1.54, 1.807) is 32.4 Å². The quantitative estimate of drug-likeness (QED) is 0.195. The average molecular weight is 553 g/mol. The third-order valence-electron chi connectivity index (χ3n) is 6.96. The lowest BCUT2D eigenvalue weighted by atomic mass is 10.1. The van der Waals surface area contributed by atoms with Crippen molar-refractivity contribution in [1.82, 2.24) is 5.32 Å². The van der Waals surface area contributed by atoms with Crippen LogP contribution < -0.4 is 25.5 Å². The largest absolute Gasteiger partial charge is 0.493 e.